The summed E-state index contributed by atoms with van der Waals surface area (Å²) in [5.74, 6) is 0.841. The van der Waals surface area contributed by atoms with Gasteiger partial charge in [0, 0.05) is 12.6 Å². The molecule has 0 radical (unpaired) electrons. The molecule has 0 aliphatic heterocycles. The van der Waals surface area contributed by atoms with Crippen molar-refractivity contribution in [2.24, 2.45) is 5.73 Å². The Labute approximate surface area is 120 Å². The van der Waals surface area contributed by atoms with Gasteiger partial charge in [-0.1, -0.05) is 6.42 Å². The number of nitrogens with zero attached hydrogens (tertiary/aromatic N) is 1. The molecule has 0 aromatic carbocycles. The molecule has 0 spiro atoms. The Hall–Kier alpha value is -1.33. The number of hydrogen-bond donors (Lipinski definition) is 2. The van der Waals surface area contributed by atoms with Crippen molar-refractivity contribution >= 4 is 5.91 Å². The van der Waals surface area contributed by atoms with Crippen LogP contribution in [0.4, 0.5) is 0 Å². The van der Waals surface area contributed by atoms with Gasteiger partial charge in [-0.05, 0) is 44.9 Å². The molecule has 1 aromatic heterocycles. The number of furan rings is 1. The first-order valence-corrected chi connectivity index (χ1v) is 7.48. The molecule has 0 saturated heterocycles. The van der Waals surface area contributed by atoms with Crippen LogP contribution < -0.4 is 11.1 Å². The van der Waals surface area contributed by atoms with E-state index < -0.39 is 0 Å². The fourth-order valence-corrected chi connectivity index (χ4v) is 2.57. The maximum absolute atomic E-state index is 12.3. The number of carbonyl (C=O) groups excluding carboxylic acids is 1. The molecule has 3 N–H and O–H groups in total. The van der Waals surface area contributed by atoms with Crippen LogP contribution in [0.2, 0.25) is 0 Å². The van der Waals surface area contributed by atoms with E-state index in [2.05, 4.69) is 10.2 Å². The predicted octanol–water partition coefficient (Wildman–Crippen LogP) is 1.49. The van der Waals surface area contributed by atoms with Gasteiger partial charge in [-0.3, -0.25) is 9.69 Å². The summed E-state index contributed by atoms with van der Waals surface area (Å²) < 4.78 is 5.22. The highest BCUT2D eigenvalue weighted by Gasteiger charge is 2.31. The lowest BCUT2D eigenvalue weighted by atomic mass is 9.90. The van der Waals surface area contributed by atoms with E-state index in [-0.39, 0.29) is 11.9 Å². The number of hydrogen-bond acceptors (Lipinski definition) is 4. The smallest absolute Gasteiger partial charge is 0.237 e. The highest BCUT2D eigenvalue weighted by Crippen LogP contribution is 2.26. The van der Waals surface area contributed by atoms with Gasteiger partial charge >= 0.3 is 0 Å². The second kappa shape index (κ2) is 7.45. The molecule has 0 bridgehead atoms. The fraction of sp³-hybridized carbons (Fsp3) is 0.667. The van der Waals surface area contributed by atoms with E-state index in [1.807, 2.05) is 19.1 Å². The van der Waals surface area contributed by atoms with Crippen molar-refractivity contribution < 1.29 is 9.21 Å². The molecule has 1 aromatic rings. The van der Waals surface area contributed by atoms with E-state index in [9.17, 15) is 4.79 Å². The average molecular weight is 279 g/mol. The molecular formula is C15H25N3O2. The molecule has 1 fully saturated rings. The van der Waals surface area contributed by atoms with Crippen LogP contribution in [-0.2, 0) is 11.3 Å². The lowest BCUT2D eigenvalue weighted by molar-refractivity contribution is -0.127. The molecule has 1 unspecified atom stereocenters. The van der Waals surface area contributed by atoms with E-state index in [1.54, 1.807) is 6.26 Å². The molecule has 1 aliphatic carbocycles. The maximum Gasteiger partial charge on any atom is 0.237 e. The van der Waals surface area contributed by atoms with Crippen molar-refractivity contribution in [3.8, 4) is 0 Å². The summed E-state index contributed by atoms with van der Waals surface area (Å²) in [6.07, 6.45) is 6.21. The van der Waals surface area contributed by atoms with Crippen LogP contribution in [0.15, 0.2) is 22.8 Å². The quantitative estimate of drug-likeness (QED) is 0.756. The van der Waals surface area contributed by atoms with Crippen molar-refractivity contribution in [2.45, 2.75) is 51.2 Å². The minimum Gasteiger partial charge on any atom is -0.467 e. The van der Waals surface area contributed by atoms with E-state index in [4.69, 9.17) is 10.2 Å². The summed E-state index contributed by atoms with van der Waals surface area (Å²) >= 11 is 0. The van der Waals surface area contributed by atoms with Gasteiger partial charge in [0.25, 0.3) is 0 Å². The number of nitrogens with two attached hydrogens (primary N) is 1. The van der Waals surface area contributed by atoms with Crippen LogP contribution in [0.25, 0.3) is 0 Å². The zero-order valence-electron chi connectivity index (χ0n) is 12.2. The van der Waals surface area contributed by atoms with Gasteiger partial charge < -0.3 is 15.5 Å². The summed E-state index contributed by atoms with van der Waals surface area (Å²) in [6, 6.07) is 4.13. The monoisotopic (exact) mass is 279 g/mol. The standard InChI is InChI=1S/C15H25N3O2/c1-12(15(19)17-11-14-7-3-10-20-14)18(9-4-8-16)13-5-2-6-13/h3,7,10,12-13H,2,4-6,8-9,11,16H2,1H3,(H,17,19). The zero-order chi connectivity index (χ0) is 14.4. The Morgan fingerprint density at radius 1 is 1.60 bits per heavy atom. The van der Waals surface area contributed by atoms with Gasteiger partial charge in [-0.25, -0.2) is 0 Å². The van der Waals surface area contributed by atoms with Gasteiger partial charge in [0.1, 0.15) is 5.76 Å². The van der Waals surface area contributed by atoms with Crippen molar-refractivity contribution in [1.82, 2.24) is 10.2 Å². The van der Waals surface area contributed by atoms with Gasteiger partial charge in [0.15, 0.2) is 0 Å². The Balaban J connectivity index is 1.84. The number of rotatable bonds is 8. The lowest BCUT2D eigenvalue weighted by Gasteiger charge is -2.40. The normalized spacial score (nSPS) is 16.9. The van der Waals surface area contributed by atoms with E-state index in [0.717, 1.165) is 18.7 Å². The summed E-state index contributed by atoms with van der Waals surface area (Å²) in [6.45, 7) is 4.00. The van der Waals surface area contributed by atoms with E-state index >= 15 is 0 Å². The van der Waals surface area contributed by atoms with Gasteiger partial charge in [0.05, 0.1) is 18.8 Å². The second-order valence-electron chi connectivity index (χ2n) is 5.44. The topological polar surface area (TPSA) is 71.5 Å². The van der Waals surface area contributed by atoms with Crippen molar-refractivity contribution in [3.63, 3.8) is 0 Å². The third kappa shape index (κ3) is 3.84. The van der Waals surface area contributed by atoms with Crippen LogP contribution >= 0.6 is 0 Å². The molecule has 5 heteroatoms. The first-order chi connectivity index (χ1) is 9.72. The third-order valence-electron chi connectivity index (χ3n) is 4.06. The highest BCUT2D eigenvalue weighted by molar-refractivity contribution is 5.81. The molecule has 1 heterocycles. The van der Waals surface area contributed by atoms with Gasteiger partial charge in [-0.15, -0.1) is 0 Å². The predicted molar refractivity (Wildman–Crippen MR) is 78.0 cm³/mol. The van der Waals surface area contributed by atoms with Crippen LogP contribution in [0, 0.1) is 0 Å². The Kier molecular flexibility index (Phi) is 5.61. The SMILES string of the molecule is CC(C(=O)NCc1ccco1)N(CCCN)C1CCC1. The first kappa shape index (κ1) is 15.1. The molecule has 1 saturated carbocycles. The molecule has 112 valence electrons. The average Bonchev–Trinajstić information content (AvgIpc) is 2.90. The van der Waals surface area contributed by atoms with E-state index in [1.165, 1.54) is 19.3 Å². The minimum atomic E-state index is -0.109. The van der Waals surface area contributed by atoms with Gasteiger partial charge in [-0.2, -0.15) is 0 Å². The summed E-state index contributed by atoms with van der Waals surface area (Å²) in [5, 5.41) is 2.94. The Morgan fingerprint density at radius 2 is 2.40 bits per heavy atom. The van der Waals surface area contributed by atoms with Gasteiger partial charge in [0.2, 0.25) is 5.91 Å². The molecular weight excluding hydrogens is 254 g/mol. The van der Waals surface area contributed by atoms with Crippen LogP contribution in [0.5, 0.6) is 0 Å². The first-order valence-electron chi connectivity index (χ1n) is 7.48. The number of amides is 1. The highest BCUT2D eigenvalue weighted by atomic mass is 16.3. The summed E-state index contributed by atoms with van der Waals surface area (Å²) in [7, 11) is 0. The minimum absolute atomic E-state index is 0.0605. The molecule has 1 aliphatic rings. The van der Waals surface area contributed by atoms with Crippen LogP contribution in [0.1, 0.15) is 38.4 Å². The molecule has 2 rings (SSSR count). The number of carbonyl (C=O) groups is 1. The Bertz CT molecular complexity index is 401. The van der Waals surface area contributed by atoms with Crippen molar-refractivity contribution in [2.75, 3.05) is 13.1 Å². The maximum atomic E-state index is 12.3. The Morgan fingerprint density at radius 3 is 2.95 bits per heavy atom. The zero-order valence-corrected chi connectivity index (χ0v) is 12.2. The fourth-order valence-electron chi connectivity index (χ4n) is 2.57. The van der Waals surface area contributed by atoms with Crippen LogP contribution in [0.3, 0.4) is 0 Å². The molecule has 20 heavy (non-hydrogen) atoms. The van der Waals surface area contributed by atoms with Crippen LogP contribution in [-0.4, -0.2) is 36.0 Å². The molecule has 5 nitrogen and oxygen atoms in total. The number of nitrogens with one attached hydrogen (secondary N) is 1. The largest absolute Gasteiger partial charge is 0.467 e. The second-order valence-corrected chi connectivity index (χ2v) is 5.44. The summed E-state index contributed by atoms with van der Waals surface area (Å²) in [4.78, 5) is 14.6. The lowest BCUT2D eigenvalue weighted by Crippen LogP contribution is -2.52. The molecule has 1 amide bonds. The van der Waals surface area contributed by atoms with Crippen molar-refractivity contribution in [3.05, 3.63) is 24.2 Å². The third-order valence-corrected chi connectivity index (χ3v) is 4.06. The van der Waals surface area contributed by atoms with Crippen molar-refractivity contribution in [1.29, 1.82) is 0 Å². The molecule has 1 atom stereocenters. The summed E-state index contributed by atoms with van der Waals surface area (Å²) in [5.41, 5.74) is 5.60. The van der Waals surface area contributed by atoms with E-state index in [0.29, 0.717) is 19.1 Å².